The molecule has 2 unspecified atom stereocenters. The van der Waals surface area contributed by atoms with Crippen molar-refractivity contribution in [3.63, 3.8) is 0 Å². The van der Waals surface area contributed by atoms with Gasteiger partial charge < -0.3 is 31.3 Å². The smallest absolute Gasteiger partial charge is 0.416 e. The van der Waals surface area contributed by atoms with Gasteiger partial charge in [0.1, 0.15) is 18.4 Å². The minimum atomic E-state index is -4.33. The maximum atomic E-state index is 12.6. The van der Waals surface area contributed by atoms with E-state index in [0.717, 1.165) is 75.3 Å². The molecule has 1 amide bonds. The van der Waals surface area contributed by atoms with E-state index in [0.29, 0.717) is 11.7 Å². The van der Waals surface area contributed by atoms with E-state index < -0.39 is 29.7 Å². The third-order valence-corrected chi connectivity index (χ3v) is 10.7. The number of carbonyl (C=O) groups excluding carboxylic acids is 1. The first-order valence-corrected chi connectivity index (χ1v) is 22.6. The minimum absolute atomic E-state index is 0.109. The number of fused-ring (bicyclic) bond motifs is 1. The summed E-state index contributed by atoms with van der Waals surface area (Å²) in [6.07, 6.45) is -1.59. The molecule has 5 aromatic carbocycles. The number of benzene rings is 5. The van der Waals surface area contributed by atoms with Gasteiger partial charge in [-0.3, -0.25) is 19.6 Å². The first kappa shape index (κ1) is 53.4. The molecule has 0 fully saturated rings. The van der Waals surface area contributed by atoms with E-state index >= 15 is 0 Å². The number of nitrogens with one attached hydrogen (secondary N) is 2. The third kappa shape index (κ3) is 17.9. The van der Waals surface area contributed by atoms with E-state index in [2.05, 4.69) is 50.4 Å². The molecule has 0 saturated carbocycles. The van der Waals surface area contributed by atoms with Gasteiger partial charge in [-0.1, -0.05) is 121 Å². The molecule has 1 aliphatic rings. The second-order valence-electron chi connectivity index (χ2n) is 16.2. The van der Waals surface area contributed by atoms with Crippen LogP contribution in [0, 0.1) is 5.92 Å². The number of hydrogen-bond acceptors (Lipinski definition) is 8. The molecular weight excluding hydrogens is 924 g/mol. The molecule has 4 atom stereocenters. The molecule has 7 rings (SSSR count). The molecule has 2 heterocycles. The number of nitrogens with two attached hydrogens (primary N) is 1. The van der Waals surface area contributed by atoms with Crippen molar-refractivity contribution in [2.24, 2.45) is 16.6 Å². The summed E-state index contributed by atoms with van der Waals surface area (Å²) < 4.78 is 44.5. The van der Waals surface area contributed by atoms with Crippen molar-refractivity contribution in [1.29, 1.82) is 0 Å². The number of nitrogens with zero attached hydrogens (tertiary/aromatic N) is 2. The number of anilines is 1. The van der Waals surface area contributed by atoms with Crippen LogP contribution in [0.4, 0.5) is 18.9 Å². The van der Waals surface area contributed by atoms with Crippen LogP contribution in [0.5, 0.6) is 5.75 Å². The van der Waals surface area contributed by atoms with Gasteiger partial charge in [0.2, 0.25) is 5.91 Å². The van der Waals surface area contributed by atoms with Crippen molar-refractivity contribution in [3.05, 3.63) is 195 Å². The topological polar surface area (TPSA) is 159 Å². The number of carbonyl (C=O) groups is 2. The van der Waals surface area contributed by atoms with Crippen LogP contribution < -0.4 is 21.1 Å². The molecule has 10 nitrogen and oxygen atoms in total. The van der Waals surface area contributed by atoms with Crippen LogP contribution in [0.3, 0.4) is 0 Å². The quantitative estimate of drug-likeness (QED) is 0.0765. The Hall–Kier alpha value is -6.19. The zero-order valence-corrected chi connectivity index (χ0v) is 39.8. The fraction of sp³-hybridized carbons (Fsp3) is 0.283. The summed E-state index contributed by atoms with van der Waals surface area (Å²) in [5, 5.41) is 24.2. The summed E-state index contributed by atoms with van der Waals surface area (Å²) in [6, 6.07) is 42.9. The monoisotopic (exact) mass is 981 g/mol. The molecule has 0 spiro atoms. The molecular formula is C53H59BrF3N5O5. The Morgan fingerprint density at radius 3 is 1.99 bits per heavy atom. The van der Waals surface area contributed by atoms with Gasteiger partial charge in [-0.15, -0.1) is 0 Å². The van der Waals surface area contributed by atoms with Crippen molar-refractivity contribution in [1.82, 2.24) is 10.3 Å². The highest BCUT2D eigenvalue weighted by Gasteiger charge is 2.30. The summed E-state index contributed by atoms with van der Waals surface area (Å²) in [5.74, 6) is -0.245. The lowest BCUT2D eigenvalue weighted by Gasteiger charge is -2.20. The zero-order valence-electron chi connectivity index (χ0n) is 38.3. The number of carboxylic acids is 1. The number of benzodiazepines with no additional fused rings is 1. The highest BCUT2D eigenvalue weighted by atomic mass is 79.9. The Kier molecular flexibility index (Phi) is 21.4. The summed E-state index contributed by atoms with van der Waals surface area (Å²) in [4.78, 5) is 31.1. The van der Waals surface area contributed by atoms with Gasteiger partial charge in [0.25, 0.3) is 0 Å². The Labute approximate surface area is 399 Å². The number of rotatable bonds is 13. The molecule has 67 heavy (non-hydrogen) atoms. The Morgan fingerprint density at radius 2 is 1.45 bits per heavy atom. The zero-order chi connectivity index (χ0) is 48.9. The van der Waals surface area contributed by atoms with E-state index in [4.69, 9.17) is 15.6 Å². The predicted molar refractivity (Wildman–Crippen MR) is 263 cm³/mol. The van der Waals surface area contributed by atoms with Crippen LogP contribution in [0.2, 0.25) is 0 Å². The summed E-state index contributed by atoms with van der Waals surface area (Å²) in [7, 11) is 1.85. The summed E-state index contributed by atoms with van der Waals surface area (Å²) >= 11 is 3.44. The van der Waals surface area contributed by atoms with Gasteiger partial charge >= 0.3 is 12.1 Å². The molecule has 0 saturated heterocycles. The molecule has 0 bridgehead atoms. The van der Waals surface area contributed by atoms with E-state index in [9.17, 15) is 27.9 Å². The van der Waals surface area contributed by atoms with E-state index in [-0.39, 0.29) is 24.6 Å². The highest BCUT2D eigenvalue weighted by Crippen LogP contribution is 2.32. The Balaban J connectivity index is 0.000000201. The third-order valence-electron chi connectivity index (χ3n) is 10.2. The van der Waals surface area contributed by atoms with Gasteiger partial charge in [0.15, 0.2) is 0 Å². The first-order chi connectivity index (χ1) is 32.0. The van der Waals surface area contributed by atoms with Crippen molar-refractivity contribution in [2.45, 2.75) is 70.9 Å². The second-order valence-corrected chi connectivity index (χ2v) is 17.1. The number of aliphatic carboxylic acids is 1. The highest BCUT2D eigenvalue weighted by molar-refractivity contribution is 9.10. The standard InChI is InChI=1S/C17H18F3NO.C14H10BrN3O.C13H18O2.C9H13NO/c1-21-12-11-16(13-5-3-2-4-6-13)22-15-9-7-14(8-10-15)17(18,19)20;15-9-4-5-11-10(7-9)14(17-8-13(19)18-11)12-3-1-2-6-16-12;1-9(2)8-11-4-6-12(7-5-11)10(3)13(14)15;1-7(10)9(11)8-5-3-2-4-6-8/h2-10,16,21H,11-12H2,1H3;1-7H,8H2,(H,18,19);4-7,9-10H,8H2,1-3H3,(H,14,15);2-7,9,11H,10H2,1H3/t;;;7-,9-/m...1/s1. The van der Waals surface area contributed by atoms with Gasteiger partial charge in [-0.25, -0.2) is 0 Å². The molecule has 1 aliphatic heterocycles. The minimum Gasteiger partial charge on any atom is -0.486 e. The van der Waals surface area contributed by atoms with Crippen molar-refractivity contribution >= 4 is 39.2 Å². The van der Waals surface area contributed by atoms with Crippen LogP contribution in [-0.2, 0) is 22.2 Å². The number of aliphatic hydroxyl groups excluding tert-OH is 1. The van der Waals surface area contributed by atoms with Crippen LogP contribution in [0.1, 0.15) is 91.3 Å². The average Bonchev–Trinajstić information content (AvgIpc) is 3.48. The normalized spacial score (nSPS) is 13.7. The van der Waals surface area contributed by atoms with E-state index in [1.807, 2.05) is 128 Å². The lowest BCUT2D eigenvalue weighted by Crippen LogP contribution is -2.24. The summed E-state index contributed by atoms with van der Waals surface area (Å²) in [5.41, 5.74) is 12.0. The van der Waals surface area contributed by atoms with Crippen LogP contribution in [0.25, 0.3) is 0 Å². The van der Waals surface area contributed by atoms with Crippen LogP contribution >= 0.6 is 15.9 Å². The van der Waals surface area contributed by atoms with Crippen LogP contribution in [0.15, 0.2) is 161 Å². The number of aliphatic hydroxyl groups is 1. The van der Waals surface area contributed by atoms with Crippen molar-refractivity contribution in [3.8, 4) is 5.75 Å². The Bertz CT molecular complexity index is 2440. The molecule has 6 N–H and O–H groups in total. The van der Waals surface area contributed by atoms with Crippen LogP contribution in [-0.4, -0.2) is 59.0 Å². The van der Waals surface area contributed by atoms with E-state index in [1.165, 1.54) is 17.7 Å². The number of aliphatic imine (C=N–C) groups is 1. The SMILES string of the molecule is CC(C)Cc1ccc(C(C)C(=O)O)cc1.CNCCC(Oc1ccc(C(F)(F)F)cc1)c1ccccc1.C[C@@H](N)[C@@H](O)c1ccccc1.O=C1CN=C(c2ccccn2)c2cc(Br)ccc2N1. The Morgan fingerprint density at radius 1 is 0.836 bits per heavy atom. The molecule has 0 radical (unpaired) electrons. The van der Waals surface area contributed by atoms with Gasteiger partial charge in [0.05, 0.1) is 34.7 Å². The summed E-state index contributed by atoms with van der Waals surface area (Å²) in [6.45, 7) is 8.71. The molecule has 354 valence electrons. The fourth-order valence-corrected chi connectivity index (χ4v) is 6.96. The first-order valence-electron chi connectivity index (χ1n) is 21.9. The largest absolute Gasteiger partial charge is 0.486 e. The maximum Gasteiger partial charge on any atom is 0.416 e. The fourth-order valence-electron chi connectivity index (χ4n) is 6.60. The van der Waals surface area contributed by atoms with Gasteiger partial charge in [0, 0.05) is 28.7 Å². The van der Waals surface area contributed by atoms with Crippen molar-refractivity contribution in [2.75, 3.05) is 25.5 Å². The molecule has 0 aliphatic carbocycles. The number of amides is 1. The van der Waals surface area contributed by atoms with Crippen molar-refractivity contribution < 1.29 is 37.7 Å². The van der Waals surface area contributed by atoms with Gasteiger partial charge in [-0.2, -0.15) is 13.2 Å². The lowest BCUT2D eigenvalue weighted by molar-refractivity contribution is -0.138. The number of pyridine rings is 1. The number of hydrogen-bond donors (Lipinski definition) is 5. The lowest BCUT2D eigenvalue weighted by atomic mass is 9.97. The molecule has 14 heteroatoms. The second kappa shape index (κ2) is 26.8. The molecule has 1 aromatic heterocycles. The number of ether oxygens (including phenoxy) is 1. The van der Waals surface area contributed by atoms with Gasteiger partial charge in [-0.05, 0) is 117 Å². The predicted octanol–water partition coefficient (Wildman–Crippen LogP) is 11.2. The number of aromatic nitrogens is 1. The number of halogens is 4. The molecule has 6 aromatic rings. The number of alkyl halides is 3. The van der Waals surface area contributed by atoms with E-state index in [1.54, 1.807) is 20.0 Å². The maximum absolute atomic E-state index is 12.6. The average molecular weight is 983 g/mol. The number of carboxylic acid groups (broad SMARTS) is 1.